The van der Waals surface area contributed by atoms with E-state index in [1.165, 1.54) is 18.2 Å². The quantitative estimate of drug-likeness (QED) is 0.381. The maximum Gasteiger partial charge on any atom is 0.397 e. The smallest absolute Gasteiger partial charge is 0.397 e. The van der Waals surface area contributed by atoms with E-state index in [0.29, 0.717) is 11.4 Å². The van der Waals surface area contributed by atoms with E-state index < -0.39 is 11.9 Å². The van der Waals surface area contributed by atoms with Crippen LogP contribution in [-0.2, 0) is 14.3 Å². The largest absolute Gasteiger partial charge is 0.506 e. The third-order valence-electron chi connectivity index (χ3n) is 2.12. The molecule has 18 heavy (non-hydrogen) atoms. The number of nitrogens with one attached hydrogen (secondary N) is 1. The summed E-state index contributed by atoms with van der Waals surface area (Å²) in [4.78, 5) is 22.7. The molecule has 0 aliphatic carbocycles. The number of ether oxygens (including phenoxy) is 1. The molecule has 0 fully saturated rings. The van der Waals surface area contributed by atoms with Crippen molar-refractivity contribution in [1.29, 1.82) is 0 Å². The average Bonchev–Trinajstić information content (AvgIpc) is 2.34. The number of aromatic hydroxyl groups is 1. The molecule has 1 rings (SSSR count). The Bertz CT molecular complexity index is 448. The van der Waals surface area contributed by atoms with Crippen LogP contribution in [0, 0.1) is 0 Å². The predicted octanol–water partition coefficient (Wildman–Crippen LogP) is 2.33. The van der Waals surface area contributed by atoms with Gasteiger partial charge in [0.25, 0.3) is 0 Å². The van der Waals surface area contributed by atoms with E-state index in [4.69, 9.17) is 16.3 Å². The summed E-state index contributed by atoms with van der Waals surface area (Å²) >= 11 is 5.70. The van der Waals surface area contributed by atoms with Gasteiger partial charge < -0.3 is 15.2 Å². The molecule has 0 saturated heterocycles. The van der Waals surface area contributed by atoms with E-state index in [2.05, 4.69) is 5.32 Å². The van der Waals surface area contributed by atoms with Gasteiger partial charge >= 0.3 is 11.9 Å². The van der Waals surface area contributed by atoms with E-state index in [9.17, 15) is 14.7 Å². The van der Waals surface area contributed by atoms with Crippen molar-refractivity contribution < 1.29 is 19.4 Å². The molecule has 0 radical (unpaired) electrons. The van der Waals surface area contributed by atoms with Gasteiger partial charge in [-0.3, -0.25) is 4.79 Å². The minimum atomic E-state index is -0.983. The third kappa shape index (κ3) is 4.25. The normalized spacial score (nSPS) is 9.89. The summed E-state index contributed by atoms with van der Waals surface area (Å²) in [6.45, 7) is 2.14. The number of rotatable bonds is 4. The molecule has 5 nitrogen and oxygen atoms in total. The zero-order chi connectivity index (χ0) is 13.5. The van der Waals surface area contributed by atoms with Crippen molar-refractivity contribution >= 4 is 29.2 Å². The summed E-state index contributed by atoms with van der Waals surface area (Å²) in [5.41, 5.74) is 0.0694. The number of unbranched alkanes of at least 4 members (excludes halogenated alkanes) is 1. The minimum Gasteiger partial charge on any atom is -0.506 e. The molecule has 6 heteroatoms. The molecule has 0 bridgehead atoms. The number of phenolic OH excluding ortho intramolecular Hbond substituents is 1. The van der Waals surface area contributed by atoms with Gasteiger partial charge in [-0.2, -0.15) is 0 Å². The van der Waals surface area contributed by atoms with Gasteiger partial charge in [-0.05, 0) is 24.6 Å². The molecule has 98 valence electrons. The Kier molecular flexibility index (Phi) is 5.45. The zero-order valence-corrected chi connectivity index (χ0v) is 10.7. The molecule has 0 aliphatic rings. The van der Waals surface area contributed by atoms with Crippen LogP contribution in [-0.4, -0.2) is 23.6 Å². The van der Waals surface area contributed by atoms with E-state index >= 15 is 0 Å². The van der Waals surface area contributed by atoms with Gasteiger partial charge in [-0.25, -0.2) is 4.79 Å². The molecular formula is C12H14ClNO4. The average molecular weight is 272 g/mol. The van der Waals surface area contributed by atoms with Crippen molar-refractivity contribution in [1.82, 2.24) is 0 Å². The molecule has 0 saturated carbocycles. The third-order valence-corrected chi connectivity index (χ3v) is 2.36. The minimum absolute atomic E-state index is 0.0694. The van der Waals surface area contributed by atoms with Crippen LogP contribution in [0.1, 0.15) is 19.8 Å². The molecule has 0 atom stereocenters. The Morgan fingerprint density at radius 1 is 1.44 bits per heavy atom. The van der Waals surface area contributed by atoms with Crippen LogP contribution in [0.4, 0.5) is 5.69 Å². The maximum absolute atomic E-state index is 11.4. The first-order chi connectivity index (χ1) is 8.54. The highest BCUT2D eigenvalue weighted by Crippen LogP contribution is 2.26. The highest BCUT2D eigenvalue weighted by atomic mass is 35.5. The maximum atomic E-state index is 11.4. The predicted molar refractivity (Wildman–Crippen MR) is 67.6 cm³/mol. The number of benzene rings is 1. The highest BCUT2D eigenvalue weighted by Gasteiger charge is 2.16. The molecule has 1 aromatic carbocycles. The molecule has 2 N–H and O–H groups in total. The molecule has 0 spiro atoms. The van der Waals surface area contributed by atoms with Crippen molar-refractivity contribution in [3.8, 4) is 5.75 Å². The summed E-state index contributed by atoms with van der Waals surface area (Å²) in [6.07, 6.45) is 1.56. The van der Waals surface area contributed by atoms with Gasteiger partial charge in [0.15, 0.2) is 0 Å². The lowest BCUT2D eigenvalue weighted by Gasteiger charge is -2.07. The molecule has 0 aromatic heterocycles. The fourth-order valence-electron chi connectivity index (χ4n) is 1.16. The lowest BCUT2D eigenvalue weighted by Crippen LogP contribution is -2.25. The van der Waals surface area contributed by atoms with Gasteiger partial charge in [-0.15, -0.1) is 0 Å². The molecular weight excluding hydrogens is 258 g/mol. The van der Waals surface area contributed by atoms with E-state index in [-0.39, 0.29) is 18.0 Å². The second kappa shape index (κ2) is 6.86. The van der Waals surface area contributed by atoms with Gasteiger partial charge in [-0.1, -0.05) is 24.9 Å². The van der Waals surface area contributed by atoms with Crippen LogP contribution in [0.25, 0.3) is 0 Å². The zero-order valence-electron chi connectivity index (χ0n) is 9.90. The van der Waals surface area contributed by atoms with Crippen molar-refractivity contribution in [3.63, 3.8) is 0 Å². The van der Waals surface area contributed by atoms with Crippen molar-refractivity contribution in [2.45, 2.75) is 19.8 Å². The number of carbonyl (C=O) groups excluding carboxylic acids is 2. The van der Waals surface area contributed by atoms with Gasteiger partial charge in [0.1, 0.15) is 5.75 Å². The van der Waals surface area contributed by atoms with Gasteiger partial charge in [0.2, 0.25) is 0 Å². The van der Waals surface area contributed by atoms with Crippen LogP contribution in [0.5, 0.6) is 5.75 Å². The monoisotopic (exact) mass is 271 g/mol. The molecule has 0 aliphatic heterocycles. The first-order valence-electron chi connectivity index (χ1n) is 5.51. The number of hydrogen-bond acceptors (Lipinski definition) is 4. The Morgan fingerprint density at radius 2 is 2.17 bits per heavy atom. The van der Waals surface area contributed by atoms with E-state index in [1.807, 2.05) is 6.92 Å². The van der Waals surface area contributed by atoms with Gasteiger partial charge in [0, 0.05) is 5.02 Å². The van der Waals surface area contributed by atoms with Crippen molar-refractivity contribution in [2.75, 3.05) is 11.9 Å². The van der Waals surface area contributed by atoms with Gasteiger partial charge in [0.05, 0.1) is 12.3 Å². The molecule has 1 amide bonds. The topological polar surface area (TPSA) is 75.6 Å². The number of esters is 1. The summed E-state index contributed by atoms with van der Waals surface area (Å²) < 4.78 is 4.72. The van der Waals surface area contributed by atoms with E-state index in [0.717, 1.165) is 6.42 Å². The number of hydrogen-bond donors (Lipinski definition) is 2. The van der Waals surface area contributed by atoms with Crippen LogP contribution in [0.3, 0.4) is 0 Å². The highest BCUT2D eigenvalue weighted by molar-refractivity contribution is 6.37. The number of halogens is 1. The van der Waals surface area contributed by atoms with Crippen LogP contribution in [0.15, 0.2) is 18.2 Å². The lowest BCUT2D eigenvalue weighted by molar-refractivity contribution is -0.152. The standard InChI is InChI=1S/C12H14ClNO4/c1-2-3-6-18-12(17)11(16)14-9-7-8(13)4-5-10(9)15/h4-5,7,15H,2-3,6H2,1H3,(H,14,16). The Labute approximate surface area is 110 Å². The Hall–Kier alpha value is -1.75. The number of anilines is 1. The van der Waals surface area contributed by atoms with Crippen LogP contribution in [0.2, 0.25) is 5.02 Å². The lowest BCUT2D eigenvalue weighted by atomic mass is 10.3. The number of carbonyl (C=O) groups is 2. The summed E-state index contributed by atoms with van der Waals surface area (Å²) in [5, 5.41) is 12.0. The Morgan fingerprint density at radius 3 is 2.83 bits per heavy atom. The van der Waals surface area contributed by atoms with Crippen molar-refractivity contribution in [2.24, 2.45) is 0 Å². The number of amides is 1. The first kappa shape index (κ1) is 14.3. The van der Waals surface area contributed by atoms with Crippen LogP contribution < -0.4 is 5.32 Å². The second-order valence-corrected chi connectivity index (χ2v) is 4.04. The summed E-state index contributed by atoms with van der Waals surface area (Å²) in [5.74, 6) is -2.10. The second-order valence-electron chi connectivity index (χ2n) is 3.61. The Balaban J connectivity index is 2.58. The summed E-state index contributed by atoms with van der Waals surface area (Å²) in [7, 11) is 0. The molecule has 0 unspecified atom stereocenters. The fraction of sp³-hybridized carbons (Fsp3) is 0.333. The van der Waals surface area contributed by atoms with Crippen LogP contribution >= 0.6 is 11.6 Å². The molecule has 1 aromatic rings. The summed E-state index contributed by atoms with van der Waals surface area (Å²) in [6, 6.07) is 4.13. The number of phenols is 1. The molecule has 0 heterocycles. The SMILES string of the molecule is CCCCOC(=O)C(=O)Nc1cc(Cl)ccc1O. The first-order valence-corrected chi connectivity index (χ1v) is 5.89. The van der Waals surface area contributed by atoms with E-state index in [1.54, 1.807) is 0 Å². The van der Waals surface area contributed by atoms with Crippen molar-refractivity contribution in [3.05, 3.63) is 23.2 Å². The fourth-order valence-corrected chi connectivity index (χ4v) is 1.33.